The zero-order valence-corrected chi connectivity index (χ0v) is 13.4. The Kier molecular flexibility index (Phi) is 4.37. The quantitative estimate of drug-likeness (QED) is 0.834. The first-order valence-electron chi connectivity index (χ1n) is 7.27. The molecule has 0 aromatic carbocycles. The van der Waals surface area contributed by atoms with Crippen LogP contribution < -0.4 is 4.74 Å². The van der Waals surface area contributed by atoms with Gasteiger partial charge in [-0.25, -0.2) is 0 Å². The molecule has 22 heavy (non-hydrogen) atoms. The summed E-state index contributed by atoms with van der Waals surface area (Å²) in [5.74, 6) is 1.48. The van der Waals surface area contributed by atoms with Gasteiger partial charge in [-0.05, 0) is 20.3 Å². The molecule has 0 radical (unpaired) electrons. The Morgan fingerprint density at radius 1 is 1.55 bits per heavy atom. The van der Waals surface area contributed by atoms with Crippen molar-refractivity contribution in [1.82, 2.24) is 18.8 Å². The maximum atomic E-state index is 12.3. The second-order valence-electron chi connectivity index (χ2n) is 5.42. The number of ether oxygens (including phenoxy) is 1. The SMILES string of the molecule is Cc1noc(C)c1CCC(=O)N1CCC(Oc2cnsn2)C1. The number of rotatable bonds is 5. The molecule has 2 aromatic heterocycles. The predicted octanol–water partition coefficient (Wildman–Crippen LogP) is 1.76. The summed E-state index contributed by atoms with van der Waals surface area (Å²) in [5, 5.41) is 3.91. The normalized spacial score (nSPS) is 17.9. The van der Waals surface area contributed by atoms with Crippen molar-refractivity contribution in [2.24, 2.45) is 0 Å². The standard InChI is InChI=1S/C14H18N4O3S/c1-9-12(10(2)21-16-9)3-4-14(19)18-6-5-11(8-18)20-13-7-15-22-17-13/h7,11H,3-6,8H2,1-2H3. The highest BCUT2D eigenvalue weighted by Crippen LogP contribution is 2.19. The van der Waals surface area contributed by atoms with Crippen LogP contribution in [0.2, 0.25) is 0 Å². The molecule has 0 spiro atoms. The monoisotopic (exact) mass is 322 g/mol. The molecule has 2 aromatic rings. The topological polar surface area (TPSA) is 81.4 Å². The molecule has 1 aliphatic heterocycles. The number of carbonyl (C=O) groups excluding carboxylic acids is 1. The van der Waals surface area contributed by atoms with Crippen LogP contribution in [0.4, 0.5) is 0 Å². The molecule has 3 heterocycles. The lowest BCUT2D eigenvalue weighted by molar-refractivity contribution is -0.130. The van der Waals surface area contributed by atoms with E-state index in [4.69, 9.17) is 9.26 Å². The molecular formula is C14H18N4O3S. The number of nitrogens with zero attached hydrogens (tertiary/aromatic N) is 4. The molecule has 1 unspecified atom stereocenters. The number of amides is 1. The van der Waals surface area contributed by atoms with Gasteiger partial charge in [0.25, 0.3) is 0 Å². The number of hydrogen-bond acceptors (Lipinski definition) is 7. The molecule has 8 heteroatoms. The van der Waals surface area contributed by atoms with Crippen molar-refractivity contribution in [1.29, 1.82) is 0 Å². The predicted molar refractivity (Wildman–Crippen MR) is 79.8 cm³/mol. The Morgan fingerprint density at radius 3 is 3.09 bits per heavy atom. The molecule has 1 amide bonds. The van der Waals surface area contributed by atoms with E-state index in [1.54, 1.807) is 6.20 Å². The van der Waals surface area contributed by atoms with Crippen LogP contribution in [0, 0.1) is 13.8 Å². The molecule has 1 fully saturated rings. The lowest BCUT2D eigenvalue weighted by Crippen LogP contribution is -2.31. The highest BCUT2D eigenvalue weighted by atomic mass is 32.1. The van der Waals surface area contributed by atoms with Crippen LogP contribution in [-0.4, -0.2) is 43.9 Å². The van der Waals surface area contributed by atoms with Crippen molar-refractivity contribution < 1.29 is 14.1 Å². The maximum absolute atomic E-state index is 12.3. The third-order valence-corrected chi connectivity index (χ3v) is 4.36. The number of carbonyl (C=O) groups is 1. The van der Waals surface area contributed by atoms with Crippen LogP contribution in [0.5, 0.6) is 5.88 Å². The van der Waals surface area contributed by atoms with Crippen LogP contribution in [0.1, 0.15) is 29.9 Å². The van der Waals surface area contributed by atoms with Crippen molar-refractivity contribution in [3.63, 3.8) is 0 Å². The van der Waals surface area contributed by atoms with Gasteiger partial charge in [0.15, 0.2) is 0 Å². The van der Waals surface area contributed by atoms with Gasteiger partial charge in [0.1, 0.15) is 18.1 Å². The average molecular weight is 322 g/mol. The van der Waals surface area contributed by atoms with Gasteiger partial charge in [-0.2, -0.15) is 4.37 Å². The Morgan fingerprint density at radius 2 is 2.41 bits per heavy atom. The molecule has 1 saturated heterocycles. The first-order valence-corrected chi connectivity index (χ1v) is 8.00. The van der Waals surface area contributed by atoms with Crippen molar-refractivity contribution in [3.8, 4) is 5.88 Å². The molecular weight excluding hydrogens is 304 g/mol. The summed E-state index contributed by atoms with van der Waals surface area (Å²) in [5.41, 5.74) is 1.90. The van der Waals surface area contributed by atoms with E-state index in [2.05, 4.69) is 13.9 Å². The van der Waals surface area contributed by atoms with E-state index in [0.29, 0.717) is 25.3 Å². The zero-order chi connectivity index (χ0) is 15.5. The van der Waals surface area contributed by atoms with Gasteiger partial charge < -0.3 is 14.2 Å². The van der Waals surface area contributed by atoms with Gasteiger partial charge in [0.2, 0.25) is 11.8 Å². The zero-order valence-electron chi connectivity index (χ0n) is 12.6. The van der Waals surface area contributed by atoms with Gasteiger partial charge in [0, 0.05) is 24.9 Å². The Hall–Kier alpha value is -1.96. The van der Waals surface area contributed by atoms with Crippen molar-refractivity contribution in [2.45, 2.75) is 39.2 Å². The molecule has 1 atom stereocenters. The Bertz CT molecular complexity index is 621. The summed E-state index contributed by atoms with van der Waals surface area (Å²) in [6.45, 7) is 5.11. The third kappa shape index (κ3) is 3.27. The molecule has 0 aliphatic carbocycles. The summed E-state index contributed by atoms with van der Waals surface area (Å²) in [6, 6.07) is 0. The molecule has 0 saturated carbocycles. The summed E-state index contributed by atoms with van der Waals surface area (Å²) < 4.78 is 18.8. The summed E-state index contributed by atoms with van der Waals surface area (Å²) in [6.07, 6.45) is 3.57. The summed E-state index contributed by atoms with van der Waals surface area (Å²) in [7, 11) is 0. The fourth-order valence-corrected chi connectivity index (χ4v) is 3.03. The van der Waals surface area contributed by atoms with Gasteiger partial charge in [-0.3, -0.25) is 4.79 Å². The van der Waals surface area contributed by atoms with E-state index in [0.717, 1.165) is 41.7 Å². The van der Waals surface area contributed by atoms with Crippen molar-refractivity contribution in [3.05, 3.63) is 23.2 Å². The third-order valence-electron chi connectivity index (χ3n) is 3.90. The van der Waals surface area contributed by atoms with Crippen LogP contribution in [0.25, 0.3) is 0 Å². The van der Waals surface area contributed by atoms with Gasteiger partial charge in [0.05, 0.1) is 24.0 Å². The summed E-state index contributed by atoms with van der Waals surface area (Å²) in [4.78, 5) is 14.2. The Labute approximate surface area is 132 Å². The number of likely N-dealkylation sites (tertiary alicyclic amines) is 1. The van der Waals surface area contributed by atoms with Crippen molar-refractivity contribution in [2.75, 3.05) is 13.1 Å². The maximum Gasteiger partial charge on any atom is 0.246 e. The lowest BCUT2D eigenvalue weighted by atomic mass is 10.1. The van der Waals surface area contributed by atoms with Gasteiger partial charge in [-0.1, -0.05) is 5.16 Å². The fraction of sp³-hybridized carbons (Fsp3) is 0.571. The minimum atomic E-state index is 0.00640. The van der Waals surface area contributed by atoms with E-state index in [1.165, 1.54) is 0 Å². The highest BCUT2D eigenvalue weighted by Gasteiger charge is 2.28. The largest absolute Gasteiger partial charge is 0.471 e. The molecule has 0 N–H and O–H groups in total. The Balaban J connectivity index is 1.49. The number of aryl methyl sites for hydroxylation is 2. The second kappa shape index (κ2) is 6.43. The van der Waals surface area contributed by atoms with E-state index >= 15 is 0 Å². The number of hydrogen-bond donors (Lipinski definition) is 0. The minimum Gasteiger partial charge on any atom is -0.471 e. The molecule has 1 aliphatic rings. The van der Waals surface area contributed by atoms with E-state index < -0.39 is 0 Å². The van der Waals surface area contributed by atoms with Crippen molar-refractivity contribution >= 4 is 17.6 Å². The van der Waals surface area contributed by atoms with E-state index in [1.807, 2.05) is 18.7 Å². The van der Waals surface area contributed by atoms with E-state index in [9.17, 15) is 4.79 Å². The molecule has 118 valence electrons. The fourth-order valence-electron chi connectivity index (χ4n) is 2.68. The van der Waals surface area contributed by atoms with Gasteiger partial charge in [-0.15, -0.1) is 4.37 Å². The lowest BCUT2D eigenvalue weighted by Gasteiger charge is -2.16. The van der Waals surface area contributed by atoms with Crippen LogP contribution in [0.15, 0.2) is 10.7 Å². The second-order valence-corrected chi connectivity index (χ2v) is 5.97. The first-order chi connectivity index (χ1) is 10.6. The average Bonchev–Trinajstić information content (AvgIpc) is 3.22. The molecule has 7 nitrogen and oxygen atoms in total. The smallest absolute Gasteiger partial charge is 0.246 e. The minimum absolute atomic E-state index is 0.00640. The van der Waals surface area contributed by atoms with E-state index in [-0.39, 0.29) is 12.0 Å². The first kappa shape index (κ1) is 15.0. The van der Waals surface area contributed by atoms with Crippen LogP contribution in [0.3, 0.4) is 0 Å². The van der Waals surface area contributed by atoms with Crippen LogP contribution >= 0.6 is 11.7 Å². The van der Waals surface area contributed by atoms with Crippen LogP contribution in [-0.2, 0) is 11.2 Å². The molecule has 3 rings (SSSR count). The highest BCUT2D eigenvalue weighted by molar-refractivity contribution is 6.99. The summed E-state index contributed by atoms with van der Waals surface area (Å²) >= 11 is 1.12. The number of aromatic nitrogens is 3. The van der Waals surface area contributed by atoms with Gasteiger partial charge >= 0.3 is 0 Å². The molecule has 0 bridgehead atoms.